The molecule has 0 saturated heterocycles. The van der Waals surface area contributed by atoms with Crippen LogP contribution in [-0.2, 0) is 9.84 Å². The number of carbonyl (C=O) groups is 1. The Bertz CT molecular complexity index is 381. The van der Waals surface area contributed by atoms with E-state index in [1.165, 1.54) is 6.26 Å². The molecule has 0 aromatic heterocycles. The van der Waals surface area contributed by atoms with E-state index in [0.29, 0.717) is 4.90 Å². The number of carboxylic acid groups (broad SMARTS) is 1. The van der Waals surface area contributed by atoms with Gasteiger partial charge in [-0.15, -0.1) is 4.39 Å². The highest BCUT2D eigenvalue weighted by molar-refractivity contribution is 7.90. The van der Waals surface area contributed by atoms with Crippen LogP contribution in [0.2, 0.25) is 0 Å². The Morgan fingerprint density at radius 2 is 1.64 bits per heavy atom. The smallest absolute Gasteiger partial charge is 0.456 e. The fourth-order valence-electron chi connectivity index (χ4n) is 0.668. The van der Waals surface area contributed by atoms with Gasteiger partial charge in [0, 0.05) is 6.26 Å². The Hall–Kier alpha value is -1.43. The number of sulfone groups is 1. The molecule has 0 spiro atoms. The summed E-state index contributed by atoms with van der Waals surface area (Å²) in [6.45, 7) is 0. The van der Waals surface area contributed by atoms with Gasteiger partial charge in [-0.3, -0.25) is 0 Å². The largest absolute Gasteiger partial charge is 0.492 e. The Labute approximate surface area is 80.9 Å². The second kappa shape index (κ2) is 5.33. The van der Waals surface area contributed by atoms with Crippen molar-refractivity contribution in [3.05, 3.63) is 30.3 Å². The van der Waals surface area contributed by atoms with Gasteiger partial charge >= 0.3 is 6.22 Å². The van der Waals surface area contributed by atoms with Gasteiger partial charge in [-0.1, -0.05) is 18.2 Å². The molecule has 0 saturated carbocycles. The van der Waals surface area contributed by atoms with E-state index >= 15 is 0 Å². The molecule has 0 amide bonds. The number of hydrogen-bond donors (Lipinski definition) is 1. The predicted molar refractivity (Wildman–Crippen MR) is 48.7 cm³/mol. The lowest BCUT2D eigenvalue weighted by atomic mass is 10.4. The molecule has 6 heteroatoms. The minimum absolute atomic E-state index is 0.370. The zero-order valence-corrected chi connectivity index (χ0v) is 8.16. The predicted octanol–water partition coefficient (Wildman–Crippen LogP) is 1.72. The van der Waals surface area contributed by atoms with Crippen molar-refractivity contribution in [1.82, 2.24) is 0 Å². The summed E-state index contributed by atoms with van der Waals surface area (Å²) in [6, 6.07) is 8.35. The van der Waals surface area contributed by atoms with Crippen molar-refractivity contribution in [3.63, 3.8) is 0 Å². The fourth-order valence-corrected chi connectivity index (χ4v) is 1.32. The minimum Gasteiger partial charge on any atom is -0.456 e. The Kier molecular flexibility index (Phi) is 4.79. The molecule has 0 heterocycles. The van der Waals surface area contributed by atoms with Crippen LogP contribution in [0, 0.1) is 0 Å². The summed E-state index contributed by atoms with van der Waals surface area (Å²) in [5.41, 5.74) is 0. The van der Waals surface area contributed by atoms with Gasteiger partial charge in [0.1, 0.15) is 0 Å². The monoisotopic (exact) mass is 220 g/mol. The van der Waals surface area contributed by atoms with Gasteiger partial charge in [-0.05, 0) is 12.1 Å². The van der Waals surface area contributed by atoms with Crippen molar-refractivity contribution < 1.29 is 22.7 Å². The zero-order valence-electron chi connectivity index (χ0n) is 7.34. The molecular formula is C8H9FO4S. The molecule has 0 bridgehead atoms. The van der Waals surface area contributed by atoms with Crippen LogP contribution in [0.15, 0.2) is 35.2 Å². The molecule has 0 aliphatic carbocycles. The molecule has 78 valence electrons. The second-order valence-corrected chi connectivity index (χ2v) is 4.35. The van der Waals surface area contributed by atoms with Crippen molar-refractivity contribution in [2.45, 2.75) is 4.90 Å². The summed E-state index contributed by atoms with van der Waals surface area (Å²) < 4.78 is 31.6. The molecule has 1 aromatic carbocycles. The van der Waals surface area contributed by atoms with Crippen LogP contribution in [0.1, 0.15) is 0 Å². The highest BCUT2D eigenvalue weighted by Gasteiger charge is 2.02. The van der Waals surface area contributed by atoms with Crippen molar-refractivity contribution in [2.24, 2.45) is 0 Å². The van der Waals surface area contributed by atoms with Crippen molar-refractivity contribution in [3.8, 4) is 0 Å². The quantitative estimate of drug-likeness (QED) is 0.731. The second-order valence-electron chi connectivity index (χ2n) is 2.34. The minimum atomic E-state index is -3.00. The Morgan fingerprint density at radius 3 is 1.86 bits per heavy atom. The highest BCUT2D eigenvalue weighted by atomic mass is 32.2. The van der Waals surface area contributed by atoms with Crippen molar-refractivity contribution >= 4 is 16.1 Å². The summed E-state index contributed by atoms with van der Waals surface area (Å²) in [5, 5.41) is 6.75. The average Bonchev–Trinajstić information content (AvgIpc) is 2.03. The van der Waals surface area contributed by atoms with Gasteiger partial charge < -0.3 is 5.11 Å². The molecule has 1 rings (SSSR count). The van der Waals surface area contributed by atoms with Crippen LogP contribution in [0.5, 0.6) is 0 Å². The van der Waals surface area contributed by atoms with Crippen molar-refractivity contribution in [2.75, 3.05) is 6.26 Å². The standard InChI is InChI=1S/C7H8O2S.CHFO2/c1-10(8,9)7-5-3-2-4-6-7;2-1(3)4/h2-6H,1H3;(H,3,4). The van der Waals surface area contributed by atoms with E-state index in [9.17, 15) is 12.8 Å². The molecule has 4 nitrogen and oxygen atoms in total. The SMILES string of the molecule is CS(=O)(=O)c1ccccc1.O=C(O)F. The zero-order chi connectivity index (χ0) is 11.2. The first kappa shape index (κ1) is 12.6. The Morgan fingerprint density at radius 1 is 1.29 bits per heavy atom. The lowest BCUT2D eigenvalue weighted by molar-refractivity contribution is 0.169. The summed E-state index contributed by atoms with van der Waals surface area (Å²) in [7, 11) is -3.00. The molecule has 0 aliphatic heterocycles. The molecular weight excluding hydrogens is 211 g/mol. The molecule has 14 heavy (non-hydrogen) atoms. The van der Waals surface area contributed by atoms with Gasteiger partial charge in [0.05, 0.1) is 4.90 Å². The summed E-state index contributed by atoms with van der Waals surface area (Å²) in [4.78, 5) is 8.70. The number of halogens is 1. The van der Waals surface area contributed by atoms with Gasteiger partial charge in [0.2, 0.25) is 0 Å². The number of benzene rings is 1. The lowest BCUT2D eigenvalue weighted by Gasteiger charge is -1.93. The van der Waals surface area contributed by atoms with E-state index in [2.05, 4.69) is 0 Å². The van der Waals surface area contributed by atoms with Crippen LogP contribution in [-0.4, -0.2) is 26.0 Å². The van der Waals surface area contributed by atoms with E-state index < -0.39 is 16.1 Å². The van der Waals surface area contributed by atoms with Crippen molar-refractivity contribution in [1.29, 1.82) is 0 Å². The topological polar surface area (TPSA) is 71.4 Å². The average molecular weight is 220 g/mol. The molecule has 1 N–H and O–H groups in total. The first-order chi connectivity index (χ1) is 6.34. The molecule has 0 atom stereocenters. The van der Waals surface area contributed by atoms with Crippen LogP contribution in [0.3, 0.4) is 0 Å². The van der Waals surface area contributed by atoms with Crippen LogP contribution < -0.4 is 0 Å². The molecule has 0 unspecified atom stereocenters. The van der Waals surface area contributed by atoms with E-state index in [-0.39, 0.29) is 0 Å². The maximum absolute atomic E-state index is 10.8. The van der Waals surface area contributed by atoms with Gasteiger partial charge in [0.25, 0.3) is 0 Å². The molecule has 0 aliphatic rings. The molecule has 0 radical (unpaired) electrons. The molecule has 0 fully saturated rings. The van der Waals surface area contributed by atoms with E-state index in [4.69, 9.17) is 9.90 Å². The van der Waals surface area contributed by atoms with Crippen LogP contribution >= 0.6 is 0 Å². The third-order valence-electron chi connectivity index (χ3n) is 1.17. The highest BCUT2D eigenvalue weighted by Crippen LogP contribution is 2.05. The number of hydrogen-bond acceptors (Lipinski definition) is 3. The first-order valence-electron chi connectivity index (χ1n) is 3.47. The van der Waals surface area contributed by atoms with Crippen LogP contribution in [0.25, 0.3) is 0 Å². The maximum atomic E-state index is 10.8. The fraction of sp³-hybridized carbons (Fsp3) is 0.125. The van der Waals surface area contributed by atoms with E-state index in [1.807, 2.05) is 0 Å². The normalized spacial score (nSPS) is 9.86. The third kappa shape index (κ3) is 6.13. The van der Waals surface area contributed by atoms with Gasteiger partial charge in [-0.25, -0.2) is 13.2 Å². The number of rotatable bonds is 1. The lowest BCUT2D eigenvalue weighted by Crippen LogP contribution is -1.95. The summed E-state index contributed by atoms with van der Waals surface area (Å²) in [5.74, 6) is 0. The van der Waals surface area contributed by atoms with Gasteiger partial charge in [-0.2, -0.15) is 0 Å². The Balaban J connectivity index is 0.000000364. The molecule has 1 aromatic rings. The van der Waals surface area contributed by atoms with E-state index in [0.717, 1.165) is 0 Å². The first-order valence-corrected chi connectivity index (χ1v) is 5.36. The van der Waals surface area contributed by atoms with Crippen LogP contribution in [0.4, 0.5) is 9.18 Å². The maximum Gasteiger partial charge on any atom is 0.492 e. The van der Waals surface area contributed by atoms with Gasteiger partial charge in [0.15, 0.2) is 9.84 Å². The third-order valence-corrected chi connectivity index (χ3v) is 2.30. The van der Waals surface area contributed by atoms with E-state index in [1.54, 1.807) is 30.3 Å². The summed E-state index contributed by atoms with van der Waals surface area (Å²) in [6.07, 6.45) is -1.14. The summed E-state index contributed by atoms with van der Waals surface area (Å²) >= 11 is 0.